The van der Waals surface area contributed by atoms with Crippen molar-refractivity contribution >= 4 is 5.97 Å². The van der Waals surface area contributed by atoms with Crippen molar-refractivity contribution in [1.29, 1.82) is 0 Å². The zero-order chi connectivity index (χ0) is 8.15. The van der Waals surface area contributed by atoms with E-state index in [4.69, 9.17) is 0 Å². The number of halogens is 2. The van der Waals surface area contributed by atoms with Crippen LogP contribution in [0.2, 0.25) is 0 Å². The molecule has 0 aliphatic carbocycles. The number of carbonyl (C=O) groups excluding carboxylic acids is 1. The van der Waals surface area contributed by atoms with Crippen LogP contribution >= 0.6 is 0 Å². The molecule has 0 rings (SSSR count). The van der Waals surface area contributed by atoms with Crippen LogP contribution < -0.4 is 0 Å². The number of esters is 1. The third-order valence-electron chi connectivity index (χ3n) is 0.728. The summed E-state index contributed by atoms with van der Waals surface area (Å²) < 4.78 is 27.0. The van der Waals surface area contributed by atoms with Crippen molar-refractivity contribution in [3.8, 4) is 0 Å². The van der Waals surface area contributed by atoms with Gasteiger partial charge in [0.1, 0.15) is 0 Å². The fraction of sp³-hybridized carbons (Fsp3) is 0.400. The van der Waals surface area contributed by atoms with E-state index in [9.17, 15) is 13.8 Å². The standard InChI is InChI=1S/C5H7F2NO2/c1-3-5(9)10-4(2)8(6)7/h3-4H,1H2,2H3. The van der Waals surface area contributed by atoms with Gasteiger partial charge in [-0.25, -0.2) is 4.79 Å². The summed E-state index contributed by atoms with van der Waals surface area (Å²) in [5.41, 5.74) is 0. The topological polar surface area (TPSA) is 29.5 Å². The van der Waals surface area contributed by atoms with Gasteiger partial charge in [0, 0.05) is 6.08 Å². The molecule has 58 valence electrons. The Morgan fingerprint density at radius 1 is 1.80 bits per heavy atom. The van der Waals surface area contributed by atoms with E-state index in [2.05, 4.69) is 11.3 Å². The molecular formula is C5H7F2NO2. The van der Waals surface area contributed by atoms with Gasteiger partial charge in [0.15, 0.2) is 0 Å². The lowest BCUT2D eigenvalue weighted by Gasteiger charge is -2.09. The molecule has 0 saturated carbocycles. The fourth-order valence-electron chi connectivity index (χ4n) is 0.256. The Hall–Kier alpha value is -0.970. The first-order valence-corrected chi connectivity index (χ1v) is 2.51. The van der Waals surface area contributed by atoms with Gasteiger partial charge in [-0.05, 0) is 6.92 Å². The van der Waals surface area contributed by atoms with E-state index in [1.54, 1.807) is 0 Å². The Labute approximate surface area is 56.7 Å². The molecule has 10 heavy (non-hydrogen) atoms. The molecule has 0 fully saturated rings. The number of carbonyl (C=O) groups is 1. The normalized spacial score (nSPS) is 12.8. The maximum atomic E-state index is 11.4. The van der Waals surface area contributed by atoms with E-state index in [-0.39, 0.29) is 0 Å². The van der Waals surface area contributed by atoms with Crippen molar-refractivity contribution in [2.75, 3.05) is 0 Å². The van der Waals surface area contributed by atoms with Gasteiger partial charge in [0.25, 0.3) is 0 Å². The molecule has 0 aromatic rings. The lowest BCUT2D eigenvalue weighted by Crippen LogP contribution is -2.23. The summed E-state index contributed by atoms with van der Waals surface area (Å²) in [4.78, 5) is 10.2. The Morgan fingerprint density at radius 3 is 2.60 bits per heavy atom. The molecule has 0 spiro atoms. The number of hydrogen-bond acceptors (Lipinski definition) is 3. The summed E-state index contributed by atoms with van der Waals surface area (Å²) in [5.74, 6) is -0.868. The van der Waals surface area contributed by atoms with Gasteiger partial charge in [-0.2, -0.15) is 0 Å². The van der Waals surface area contributed by atoms with Gasteiger partial charge >= 0.3 is 5.97 Å². The van der Waals surface area contributed by atoms with E-state index in [1.807, 2.05) is 0 Å². The average Bonchev–Trinajstić information content (AvgIpc) is 1.87. The van der Waals surface area contributed by atoms with Crippen LogP contribution in [0.5, 0.6) is 0 Å². The molecule has 0 radical (unpaired) electrons. The maximum Gasteiger partial charge on any atom is 0.331 e. The largest absolute Gasteiger partial charge is 0.438 e. The van der Waals surface area contributed by atoms with Gasteiger partial charge in [-0.1, -0.05) is 15.5 Å². The molecule has 0 bridgehead atoms. The van der Waals surface area contributed by atoms with Crippen molar-refractivity contribution in [3.63, 3.8) is 0 Å². The van der Waals surface area contributed by atoms with Crippen LogP contribution in [0.4, 0.5) is 8.96 Å². The zero-order valence-corrected chi connectivity index (χ0v) is 5.38. The third-order valence-corrected chi connectivity index (χ3v) is 0.728. The fourth-order valence-corrected chi connectivity index (χ4v) is 0.256. The summed E-state index contributed by atoms with van der Waals surface area (Å²) in [7, 11) is 0. The van der Waals surface area contributed by atoms with E-state index in [1.165, 1.54) is 0 Å². The first-order valence-electron chi connectivity index (χ1n) is 2.51. The van der Waals surface area contributed by atoms with Crippen LogP contribution in [-0.2, 0) is 9.53 Å². The number of hydrogen-bond donors (Lipinski definition) is 0. The van der Waals surface area contributed by atoms with Gasteiger partial charge < -0.3 is 4.74 Å². The smallest absolute Gasteiger partial charge is 0.331 e. The van der Waals surface area contributed by atoms with E-state index in [0.29, 0.717) is 0 Å². The van der Waals surface area contributed by atoms with E-state index >= 15 is 0 Å². The summed E-state index contributed by atoms with van der Waals surface area (Å²) >= 11 is 0. The van der Waals surface area contributed by atoms with Gasteiger partial charge in [0.2, 0.25) is 6.23 Å². The van der Waals surface area contributed by atoms with Gasteiger partial charge in [0.05, 0.1) is 5.34 Å². The molecule has 5 heteroatoms. The second-order valence-electron chi connectivity index (χ2n) is 1.50. The Bertz CT molecular complexity index is 138. The number of nitrogens with zero attached hydrogens (tertiary/aromatic N) is 1. The minimum absolute atomic E-state index is 0.819. The van der Waals surface area contributed by atoms with Crippen LogP contribution in [0.1, 0.15) is 6.92 Å². The Kier molecular flexibility index (Phi) is 3.56. The predicted octanol–water partition coefficient (Wildman–Crippen LogP) is 1.13. The molecule has 1 atom stereocenters. The predicted molar refractivity (Wildman–Crippen MR) is 29.8 cm³/mol. The van der Waals surface area contributed by atoms with Crippen LogP contribution in [-0.4, -0.2) is 17.5 Å². The minimum Gasteiger partial charge on any atom is -0.438 e. The molecule has 1 unspecified atom stereocenters. The molecule has 0 amide bonds. The third kappa shape index (κ3) is 3.13. The highest BCUT2D eigenvalue weighted by Gasteiger charge is 2.14. The van der Waals surface area contributed by atoms with Crippen LogP contribution in [0, 0.1) is 0 Å². The average molecular weight is 151 g/mol. The second-order valence-corrected chi connectivity index (χ2v) is 1.50. The Balaban J connectivity index is 3.67. The van der Waals surface area contributed by atoms with Crippen LogP contribution in [0.3, 0.4) is 0 Å². The van der Waals surface area contributed by atoms with Crippen molar-refractivity contribution in [1.82, 2.24) is 5.34 Å². The second kappa shape index (κ2) is 3.94. The first kappa shape index (κ1) is 9.03. The molecule has 0 N–H and O–H groups in total. The van der Waals surface area contributed by atoms with Gasteiger partial charge in [-0.15, -0.1) is 0 Å². The van der Waals surface area contributed by atoms with E-state index < -0.39 is 17.5 Å². The zero-order valence-electron chi connectivity index (χ0n) is 5.38. The summed E-state index contributed by atoms with van der Waals surface area (Å²) in [6.07, 6.45) is -0.703. The van der Waals surface area contributed by atoms with Crippen molar-refractivity contribution in [2.24, 2.45) is 0 Å². The quantitative estimate of drug-likeness (QED) is 0.262. The van der Waals surface area contributed by atoms with Crippen LogP contribution in [0.25, 0.3) is 0 Å². The summed E-state index contributed by atoms with van der Waals surface area (Å²) in [6, 6.07) is 0. The van der Waals surface area contributed by atoms with E-state index in [0.717, 1.165) is 13.0 Å². The highest BCUT2D eigenvalue weighted by molar-refractivity contribution is 5.81. The van der Waals surface area contributed by atoms with Gasteiger partial charge in [-0.3, -0.25) is 0 Å². The number of ether oxygens (including phenoxy) is 1. The van der Waals surface area contributed by atoms with Crippen LogP contribution in [0.15, 0.2) is 12.7 Å². The van der Waals surface area contributed by atoms with Crippen molar-refractivity contribution in [2.45, 2.75) is 13.2 Å². The molecular weight excluding hydrogens is 144 g/mol. The lowest BCUT2D eigenvalue weighted by atomic mass is 10.6. The monoisotopic (exact) mass is 151 g/mol. The highest BCUT2D eigenvalue weighted by atomic mass is 19.4. The Morgan fingerprint density at radius 2 is 2.30 bits per heavy atom. The lowest BCUT2D eigenvalue weighted by molar-refractivity contribution is -0.250. The maximum absolute atomic E-state index is 11.4. The van der Waals surface area contributed by atoms with Crippen molar-refractivity contribution in [3.05, 3.63) is 12.7 Å². The molecule has 3 nitrogen and oxygen atoms in total. The molecule has 0 aliphatic rings. The highest BCUT2D eigenvalue weighted by Crippen LogP contribution is 2.01. The molecule has 0 aromatic carbocycles. The molecule has 0 saturated heterocycles. The molecule has 0 aliphatic heterocycles. The summed E-state index contributed by atoms with van der Waals surface area (Å²) in [5, 5.41) is -1.21. The molecule has 0 aromatic heterocycles. The minimum atomic E-state index is -1.52. The number of rotatable bonds is 3. The molecule has 0 heterocycles. The SMILES string of the molecule is C=CC(=O)OC(C)N(F)F. The summed E-state index contributed by atoms with van der Waals surface area (Å²) in [6.45, 7) is 4.08. The first-order chi connectivity index (χ1) is 4.57. The van der Waals surface area contributed by atoms with Crippen molar-refractivity contribution < 1.29 is 18.5 Å².